The summed E-state index contributed by atoms with van der Waals surface area (Å²) in [6.07, 6.45) is 7.85. The number of esters is 1. The van der Waals surface area contributed by atoms with Gasteiger partial charge in [0.05, 0.1) is 35.6 Å². The number of carbonyl (C=O) groups excluding carboxylic acids is 3. The number of ether oxygens (including phenoxy) is 1. The lowest BCUT2D eigenvalue weighted by Gasteiger charge is -2.10. The molecule has 6 rings (SSSR count). The number of carboxylic acid groups (broad SMARTS) is 1. The van der Waals surface area contributed by atoms with Crippen molar-refractivity contribution in [3.63, 3.8) is 0 Å². The van der Waals surface area contributed by atoms with Gasteiger partial charge >= 0.3 is 11.9 Å². The number of carbonyl (C=O) groups is 4. The van der Waals surface area contributed by atoms with E-state index in [-0.39, 0.29) is 17.2 Å². The molecular weight excluding hydrogens is 644 g/mol. The fourth-order valence-corrected chi connectivity index (χ4v) is 5.85. The largest absolute Gasteiger partial charge is 0.478 e. The number of nitrogens with zero attached hydrogens (tertiary/aromatic N) is 2. The Kier molecular flexibility index (Phi) is 11.3. The van der Waals surface area contributed by atoms with Crippen LogP contribution in [0.15, 0.2) is 83.5 Å². The number of benzene rings is 3. The molecule has 0 unspecified atom stereocenters. The molecule has 0 atom stereocenters. The monoisotopic (exact) mass is 680 g/mol. The summed E-state index contributed by atoms with van der Waals surface area (Å²) >= 11 is 1.41. The zero-order valence-electron chi connectivity index (χ0n) is 27.3. The Morgan fingerprint density at radius 2 is 1.49 bits per heavy atom. The first-order valence-electron chi connectivity index (χ1n) is 15.8. The number of hydrogen-bond donors (Lipinski definition) is 3. The highest BCUT2D eigenvalue weighted by atomic mass is 32.1. The summed E-state index contributed by atoms with van der Waals surface area (Å²) in [7, 11) is 1.31. The smallest absolute Gasteiger partial charge is 0.337 e. The minimum Gasteiger partial charge on any atom is -0.478 e. The number of oxazole rings is 1. The van der Waals surface area contributed by atoms with Crippen LogP contribution >= 0.6 is 11.3 Å². The summed E-state index contributed by atoms with van der Waals surface area (Å²) in [4.78, 5) is 56.7. The van der Waals surface area contributed by atoms with Gasteiger partial charge in [0.1, 0.15) is 4.88 Å². The molecule has 1 aliphatic carbocycles. The maximum Gasteiger partial charge on any atom is 0.337 e. The Balaban J connectivity index is 0.000000192. The van der Waals surface area contributed by atoms with E-state index in [1.165, 1.54) is 43.6 Å². The average molecular weight is 681 g/mol. The number of thiazole rings is 1. The lowest BCUT2D eigenvalue weighted by atomic mass is 10.1. The van der Waals surface area contributed by atoms with Gasteiger partial charge in [0.2, 0.25) is 11.7 Å². The summed E-state index contributed by atoms with van der Waals surface area (Å²) in [6.45, 7) is 3.93. The quantitative estimate of drug-likeness (QED) is 0.120. The van der Waals surface area contributed by atoms with Crippen molar-refractivity contribution in [2.24, 2.45) is 5.92 Å². The van der Waals surface area contributed by atoms with Crippen molar-refractivity contribution in [2.75, 3.05) is 17.7 Å². The number of hydrogen-bond acceptors (Lipinski definition) is 9. The summed E-state index contributed by atoms with van der Waals surface area (Å²) in [5.74, 6) is -0.944. The Morgan fingerprint density at radius 1 is 0.857 bits per heavy atom. The number of aromatic nitrogens is 2. The van der Waals surface area contributed by atoms with Gasteiger partial charge in [0.25, 0.3) is 11.8 Å². The third kappa shape index (κ3) is 9.05. The molecule has 252 valence electrons. The number of aromatic carboxylic acids is 1. The molecule has 2 aromatic heterocycles. The lowest BCUT2D eigenvalue weighted by Crippen LogP contribution is -2.13. The lowest BCUT2D eigenvalue weighted by molar-refractivity contribution is 0.0599. The second-order valence-corrected chi connectivity index (χ2v) is 12.4. The van der Waals surface area contributed by atoms with Gasteiger partial charge in [-0.25, -0.2) is 19.6 Å². The first kappa shape index (κ1) is 34.7. The average Bonchev–Trinajstić information content (AvgIpc) is 3.57. The van der Waals surface area contributed by atoms with Gasteiger partial charge in [-0.1, -0.05) is 44.2 Å². The van der Waals surface area contributed by atoms with Gasteiger partial charge in [-0.3, -0.25) is 9.59 Å². The molecule has 0 spiro atoms. The standard InChI is InChI=1S/C20H18N2O4.C17H18N2O3S/c1-3-13-9-10-15(20(24)25-2)11-16(13)22-18(23)17-12-21-19(26-17)14-7-5-4-6-8-14;1-2-11-5-6-12(17(21)22)8-13(11)19-16(20)14-9-18-15(23-14)7-10-3-4-10/h4-12H,3H2,1-2H3,(H,22,23);5-6,8-10H,2-4,7H2,1H3,(H,19,20)(H,21,22). The molecule has 0 radical (unpaired) electrons. The van der Waals surface area contributed by atoms with Crippen molar-refractivity contribution in [2.45, 2.75) is 46.0 Å². The maximum absolute atomic E-state index is 12.5. The molecule has 2 heterocycles. The van der Waals surface area contributed by atoms with Crippen molar-refractivity contribution < 1.29 is 33.4 Å². The van der Waals surface area contributed by atoms with Crippen molar-refractivity contribution in [3.8, 4) is 11.5 Å². The number of methoxy groups -OCH3 is 1. The minimum atomic E-state index is -1.01. The number of carboxylic acids is 1. The minimum absolute atomic E-state index is 0.0920. The van der Waals surface area contributed by atoms with E-state index in [0.29, 0.717) is 40.5 Å². The molecule has 1 fully saturated rings. The van der Waals surface area contributed by atoms with Gasteiger partial charge in [0.15, 0.2) is 0 Å². The van der Waals surface area contributed by atoms with Crippen LogP contribution in [0.5, 0.6) is 0 Å². The zero-order chi connectivity index (χ0) is 34.9. The molecular formula is C37H36N4O7S. The fraction of sp³-hybridized carbons (Fsp3) is 0.243. The normalized spacial score (nSPS) is 12.0. The zero-order valence-corrected chi connectivity index (χ0v) is 28.1. The van der Waals surface area contributed by atoms with Gasteiger partial charge in [-0.15, -0.1) is 11.3 Å². The number of anilines is 2. The molecule has 0 aliphatic heterocycles. The molecule has 0 bridgehead atoms. The highest BCUT2D eigenvalue weighted by molar-refractivity contribution is 7.13. The molecule has 3 aromatic carbocycles. The van der Waals surface area contributed by atoms with E-state index < -0.39 is 17.8 Å². The topological polar surface area (TPSA) is 161 Å². The van der Waals surface area contributed by atoms with Crippen molar-refractivity contribution >= 4 is 46.5 Å². The molecule has 12 heteroatoms. The van der Waals surface area contributed by atoms with Crippen LogP contribution in [0.25, 0.3) is 11.5 Å². The third-order valence-electron chi connectivity index (χ3n) is 7.83. The molecule has 1 saturated carbocycles. The van der Waals surface area contributed by atoms with Crippen LogP contribution in [0.1, 0.15) is 83.8 Å². The second kappa shape index (κ2) is 16.0. The van der Waals surface area contributed by atoms with E-state index in [4.69, 9.17) is 14.3 Å². The van der Waals surface area contributed by atoms with E-state index in [0.717, 1.165) is 34.0 Å². The van der Waals surface area contributed by atoms with Gasteiger partial charge < -0.3 is 24.9 Å². The Morgan fingerprint density at radius 3 is 2.10 bits per heavy atom. The first-order chi connectivity index (χ1) is 23.7. The number of amides is 2. The molecule has 49 heavy (non-hydrogen) atoms. The molecule has 2 amide bonds. The van der Waals surface area contributed by atoms with Crippen molar-refractivity contribution in [1.29, 1.82) is 0 Å². The number of aryl methyl sites for hydroxylation is 2. The molecule has 1 aliphatic rings. The Bertz CT molecular complexity index is 1960. The molecule has 3 N–H and O–H groups in total. The predicted octanol–water partition coefficient (Wildman–Crippen LogP) is 7.55. The first-order valence-corrected chi connectivity index (χ1v) is 16.7. The Hall–Kier alpha value is -5.62. The predicted molar refractivity (Wildman–Crippen MR) is 186 cm³/mol. The van der Waals surface area contributed by atoms with E-state index in [1.807, 2.05) is 44.2 Å². The molecule has 11 nitrogen and oxygen atoms in total. The van der Waals surface area contributed by atoms with Gasteiger partial charge in [0, 0.05) is 23.4 Å². The van der Waals surface area contributed by atoms with Crippen LogP contribution < -0.4 is 10.6 Å². The summed E-state index contributed by atoms with van der Waals surface area (Å²) in [6, 6.07) is 19.2. The highest BCUT2D eigenvalue weighted by Crippen LogP contribution is 2.34. The van der Waals surface area contributed by atoms with Gasteiger partial charge in [-0.2, -0.15) is 0 Å². The van der Waals surface area contributed by atoms with E-state index in [1.54, 1.807) is 36.5 Å². The van der Waals surface area contributed by atoms with Crippen LogP contribution in [0, 0.1) is 5.92 Å². The SMILES string of the molecule is CCc1ccc(C(=O)O)cc1NC(=O)c1cnc(CC2CC2)s1.CCc1ccc(C(=O)OC)cc1NC(=O)c1cnc(-c2ccccc2)o1. The van der Waals surface area contributed by atoms with Crippen LogP contribution in [-0.2, 0) is 24.0 Å². The van der Waals surface area contributed by atoms with E-state index >= 15 is 0 Å². The molecule has 5 aromatic rings. The Labute approximate surface area is 287 Å². The van der Waals surface area contributed by atoms with E-state index in [2.05, 4.69) is 20.6 Å². The highest BCUT2D eigenvalue weighted by Gasteiger charge is 2.24. The van der Waals surface area contributed by atoms with Crippen molar-refractivity contribution in [3.05, 3.63) is 117 Å². The van der Waals surface area contributed by atoms with Crippen LogP contribution in [0.3, 0.4) is 0 Å². The maximum atomic E-state index is 12.5. The summed E-state index contributed by atoms with van der Waals surface area (Å²) in [5, 5.41) is 15.7. The second-order valence-electron chi connectivity index (χ2n) is 11.3. The van der Waals surface area contributed by atoms with Crippen LogP contribution in [0.4, 0.5) is 11.4 Å². The van der Waals surface area contributed by atoms with Crippen molar-refractivity contribution in [1.82, 2.24) is 9.97 Å². The number of rotatable bonds is 11. The third-order valence-corrected chi connectivity index (χ3v) is 8.85. The van der Waals surface area contributed by atoms with E-state index in [9.17, 15) is 19.2 Å². The fourth-order valence-electron chi connectivity index (χ4n) is 4.92. The number of nitrogens with one attached hydrogen (secondary N) is 2. The van der Waals surface area contributed by atoms with Crippen LogP contribution in [-0.4, -0.2) is 45.9 Å². The van der Waals surface area contributed by atoms with Crippen LogP contribution in [0.2, 0.25) is 0 Å². The summed E-state index contributed by atoms with van der Waals surface area (Å²) < 4.78 is 10.3. The summed E-state index contributed by atoms with van der Waals surface area (Å²) in [5.41, 5.74) is 4.21. The molecule has 0 saturated heterocycles. The van der Waals surface area contributed by atoms with Gasteiger partial charge in [-0.05, 0) is 79.1 Å².